The van der Waals surface area contributed by atoms with Gasteiger partial charge in [-0.05, 0) is 24.3 Å². The molecule has 1 heterocycles. The molecule has 0 saturated carbocycles. The van der Waals surface area contributed by atoms with E-state index >= 15 is 0 Å². The van der Waals surface area contributed by atoms with Crippen LogP contribution >= 0.6 is 11.6 Å². The topological polar surface area (TPSA) is 66.5 Å². The van der Waals surface area contributed by atoms with E-state index in [9.17, 15) is 10.2 Å². The van der Waals surface area contributed by atoms with Crippen LogP contribution in [0.4, 0.5) is 0 Å². The first-order valence-corrected chi connectivity index (χ1v) is 5.60. The van der Waals surface area contributed by atoms with Gasteiger partial charge in [-0.3, -0.25) is 0 Å². The molecule has 4 nitrogen and oxygen atoms in total. The van der Waals surface area contributed by atoms with Crippen molar-refractivity contribution in [3.63, 3.8) is 0 Å². The summed E-state index contributed by atoms with van der Waals surface area (Å²) in [6.45, 7) is 0. The van der Waals surface area contributed by atoms with Crippen molar-refractivity contribution in [1.29, 1.82) is 0 Å². The molecule has 3 aromatic rings. The van der Waals surface area contributed by atoms with Crippen LogP contribution in [0.2, 0.25) is 5.02 Å². The van der Waals surface area contributed by atoms with E-state index in [1.807, 2.05) is 0 Å². The smallest absolute Gasteiger partial charge is 0.228 e. The van der Waals surface area contributed by atoms with Gasteiger partial charge >= 0.3 is 0 Å². The minimum atomic E-state index is -0.0285. The molecule has 2 N–H and O–H groups in total. The maximum atomic E-state index is 9.54. The number of nitrogens with zero attached hydrogens (tertiary/aromatic N) is 1. The number of hydrogen-bond acceptors (Lipinski definition) is 4. The number of fused-ring (bicyclic) bond motifs is 1. The average Bonchev–Trinajstić information content (AvgIpc) is 2.75. The van der Waals surface area contributed by atoms with E-state index in [4.69, 9.17) is 16.0 Å². The molecule has 2 aromatic carbocycles. The molecule has 90 valence electrons. The molecular weight excluding hydrogens is 254 g/mol. The largest absolute Gasteiger partial charge is 0.508 e. The van der Waals surface area contributed by atoms with Gasteiger partial charge in [0, 0.05) is 6.07 Å². The quantitative estimate of drug-likeness (QED) is 0.703. The van der Waals surface area contributed by atoms with Gasteiger partial charge in [-0.15, -0.1) is 0 Å². The van der Waals surface area contributed by atoms with E-state index in [0.29, 0.717) is 22.6 Å². The van der Waals surface area contributed by atoms with Gasteiger partial charge < -0.3 is 14.6 Å². The molecule has 0 bridgehead atoms. The van der Waals surface area contributed by atoms with Crippen LogP contribution in [-0.2, 0) is 0 Å². The highest BCUT2D eigenvalue weighted by molar-refractivity contribution is 6.34. The maximum Gasteiger partial charge on any atom is 0.228 e. The van der Waals surface area contributed by atoms with Crippen molar-refractivity contribution < 1.29 is 14.6 Å². The van der Waals surface area contributed by atoms with E-state index in [-0.39, 0.29) is 16.5 Å². The minimum Gasteiger partial charge on any atom is -0.508 e. The van der Waals surface area contributed by atoms with Crippen LogP contribution in [0, 0.1) is 0 Å². The fraction of sp³-hybridized carbons (Fsp3) is 0. The normalized spacial score (nSPS) is 10.9. The molecule has 3 rings (SSSR count). The second-order valence-corrected chi connectivity index (χ2v) is 4.19. The second kappa shape index (κ2) is 3.92. The zero-order valence-electron chi connectivity index (χ0n) is 9.09. The molecule has 0 fully saturated rings. The summed E-state index contributed by atoms with van der Waals surface area (Å²) in [6.07, 6.45) is 0. The van der Waals surface area contributed by atoms with Crippen molar-refractivity contribution in [2.24, 2.45) is 0 Å². The van der Waals surface area contributed by atoms with E-state index < -0.39 is 0 Å². The van der Waals surface area contributed by atoms with E-state index in [0.717, 1.165) is 0 Å². The number of aromatic nitrogens is 1. The highest BCUT2D eigenvalue weighted by atomic mass is 35.5. The van der Waals surface area contributed by atoms with Gasteiger partial charge in [0.25, 0.3) is 0 Å². The lowest BCUT2D eigenvalue weighted by atomic mass is 10.2. The summed E-state index contributed by atoms with van der Waals surface area (Å²) in [4.78, 5) is 4.22. The van der Waals surface area contributed by atoms with E-state index in [1.54, 1.807) is 18.2 Å². The summed E-state index contributed by atoms with van der Waals surface area (Å²) in [5, 5.41) is 19.1. The first-order valence-electron chi connectivity index (χ1n) is 5.22. The fourth-order valence-electron chi connectivity index (χ4n) is 1.72. The molecule has 1 aromatic heterocycles. The lowest BCUT2D eigenvalue weighted by molar-refractivity contribution is 0.475. The molecule has 0 aliphatic rings. The summed E-state index contributed by atoms with van der Waals surface area (Å²) < 4.78 is 5.53. The van der Waals surface area contributed by atoms with Crippen LogP contribution in [-0.4, -0.2) is 15.2 Å². The molecule has 0 spiro atoms. The SMILES string of the molecule is Oc1ccc2oc(-c3cccc(O)c3Cl)nc2c1. The number of rotatable bonds is 1. The number of aromatic hydroxyl groups is 2. The summed E-state index contributed by atoms with van der Waals surface area (Å²) in [5.74, 6) is 0.389. The Bertz CT molecular complexity index is 736. The Morgan fingerprint density at radius 2 is 1.94 bits per heavy atom. The summed E-state index contributed by atoms with van der Waals surface area (Å²) in [7, 11) is 0. The van der Waals surface area contributed by atoms with Crippen molar-refractivity contribution in [2.45, 2.75) is 0 Å². The van der Waals surface area contributed by atoms with E-state index in [1.165, 1.54) is 18.2 Å². The Kier molecular flexibility index (Phi) is 2.38. The third kappa shape index (κ3) is 1.67. The van der Waals surface area contributed by atoms with Gasteiger partial charge in [-0.1, -0.05) is 17.7 Å². The van der Waals surface area contributed by atoms with Crippen LogP contribution in [0.25, 0.3) is 22.6 Å². The van der Waals surface area contributed by atoms with E-state index in [2.05, 4.69) is 4.98 Å². The highest BCUT2D eigenvalue weighted by Crippen LogP contribution is 2.35. The molecule has 0 aliphatic carbocycles. The van der Waals surface area contributed by atoms with Crippen LogP contribution < -0.4 is 0 Å². The summed E-state index contributed by atoms with van der Waals surface area (Å²) in [6, 6.07) is 9.48. The van der Waals surface area contributed by atoms with Gasteiger partial charge in [-0.2, -0.15) is 0 Å². The van der Waals surface area contributed by atoms with Crippen molar-refractivity contribution in [3.05, 3.63) is 41.4 Å². The fourth-order valence-corrected chi connectivity index (χ4v) is 1.92. The lowest BCUT2D eigenvalue weighted by Crippen LogP contribution is -1.79. The lowest BCUT2D eigenvalue weighted by Gasteiger charge is -2.00. The first-order chi connectivity index (χ1) is 8.65. The van der Waals surface area contributed by atoms with Crippen molar-refractivity contribution in [2.75, 3.05) is 0 Å². The average molecular weight is 262 g/mol. The Balaban J connectivity index is 2.22. The first kappa shape index (κ1) is 10.9. The Morgan fingerprint density at radius 3 is 2.78 bits per heavy atom. The predicted molar refractivity (Wildman–Crippen MR) is 67.8 cm³/mol. The molecule has 0 radical (unpaired) electrons. The molecule has 5 heteroatoms. The number of halogens is 1. The number of phenols is 2. The molecule has 0 saturated heterocycles. The second-order valence-electron chi connectivity index (χ2n) is 3.81. The van der Waals surface area contributed by atoms with Gasteiger partial charge in [0.15, 0.2) is 5.58 Å². The third-order valence-electron chi connectivity index (χ3n) is 2.58. The van der Waals surface area contributed by atoms with Crippen molar-refractivity contribution in [3.8, 4) is 23.0 Å². The third-order valence-corrected chi connectivity index (χ3v) is 2.98. The Morgan fingerprint density at radius 1 is 1.11 bits per heavy atom. The van der Waals surface area contributed by atoms with Crippen LogP contribution in [0.3, 0.4) is 0 Å². The predicted octanol–water partition coefficient (Wildman–Crippen LogP) is 3.56. The van der Waals surface area contributed by atoms with Gasteiger partial charge in [-0.25, -0.2) is 4.98 Å². The molecule has 18 heavy (non-hydrogen) atoms. The molecule has 0 amide bonds. The number of hydrogen-bond donors (Lipinski definition) is 2. The Labute approximate surface area is 107 Å². The highest BCUT2D eigenvalue weighted by Gasteiger charge is 2.13. The standard InChI is InChI=1S/C13H8ClNO3/c14-12-8(2-1-3-10(12)17)13-15-9-6-7(16)4-5-11(9)18-13/h1-6,16-17H. The molecule has 0 atom stereocenters. The maximum absolute atomic E-state index is 9.54. The minimum absolute atomic E-state index is 0.0285. The van der Waals surface area contributed by atoms with Crippen LogP contribution in [0.15, 0.2) is 40.8 Å². The van der Waals surface area contributed by atoms with Crippen LogP contribution in [0.5, 0.6) is 11.5 Å². The number of oxazole rings is 1. The molecular formula is C13H8ClNO3. The van der Waals surface area contributed by atoms with Crippen molar-refractivity contribution in [1.82, 2.24) is 4.98 Å². The number of phenolic OH excluding ortho intramolecular Hbond substituents is 2. The zero-order chi connectivity index (χ0) is 12.7. The monoisotopic (exact) mass is 261 g/mol. The summed E-state index contributed by atoms with van der Waals surface area (Å²) >= 11 is 5.99. The van der Waals surface area contributed by atoms with Crippen molar-refractivity contribution >= 4 is 22.7 Å². The summed E-state index contributed by atoms with van der Waals surface area (Å²) in [5.41, 5.74) is 1.58. The van der Waals surface area contributed by atoms with Gasteiger partial charge in [0.05, 0.1) is 10.6 Å². The molecule has 0 aliphatic heterocycles. The Hall–Kier alpha value is -2.20. The molecule has 0 unspecified atom stereocenters. The van der Waals surface area contributed by atoms with Gasteiger partial charge in [0.2, 0.25) is 5.89 Å². The zero-order valence-corrected chi connectivity index (χ0v) is 9.85. The van der Waals surface area contributed by atoms with Crippen LogP contribution in [0.1, 0.15) is 0 Å². The number of benzene rings is 2. The van der Waals surface area contributed by atoms with Gasteiger partial charge in [0.1, 0.15) is 17.0 Å².